The SMILES string of the molecule is CC1=C(C)C(C)(C(N)=O)OC1=O. The molecule has 0 aromatic carbocycles. The van der Waals surface area contributed by atoms with Crippen molar-refractivity contribution < 1.29 is 14.3 Å². The van der Waals surface area contributed by atoms with Crippen LogP contribution in [0.25, 0.3) is 0 Å². The highest BCUT2D eigenvalue weighted by Gasteiger charge is 2.44. The van der Waals surface area contributed by atoms with Crippen LogP contribution in [0.1, 0.15) is 20.8 Å². The van der Waals surface area contributed by atoms with Crippen molar-refractivity contribution in [3.05, 3.63) is 11.1 Å². The molecule has 2 N–H and O–H groups in total. The molecule has 1 aliphatic rings. The summed E-state index contributed by atoms with van der Waals surface area (Å²) < 4.78 is 4.85. The zero-order valence-corrected chi connectivity index (χ0v) is 7.30. The van der Waals surface area contributed by atoms with E-state index in [2.05, 4.69) is 0 Å². The van der Waals surface area contributed by atoms with E-state index in [1.54, 1.807) is 13.8 Å². The predicted octanol–water partition coefficient (Wildman–Crippen LogP) is 0.124. The molecule has 1 atom stereocenters. The number of nitrogens with two attached hydrogens (primary N) is 1. The molecule has 0 aromatic heterocycles. The Bertz CT molecular complexity index is 293. The van der Waals surface area contributed by atoms with Crippen LogP contribution in [-0.2, 0) is 14.3 Å². The van der Waals surface area contributed by atoms with Crippen molar-refractivity contribution in [3.8, 4) is 0 Å². The summed E-state index contributed by atoms with van der Waals surface area (Å²) in [5, 5.41) is 0. The van der Waals surface area contributed by atoms with Gasteiger partial charge in [-0.2, -0.15) is 0 Å². The predicted molar refractivity (Wildman–Crippen MR) is 42.1 cm³/mol. The van der Waals surface area contributed by atoms with Crippen LogP contribution >= 0.6 is 0 Å². The lowest BCUT2D eigenvalue weighted by Gasteiger charge is -2.20. The molecule has 66 valence electrons. The van der Waals surface area contributed by atoms with Crippen LogP contribution in [0.5, 0.6) is 0 Å². The molecule has 1 rings (SSSR count). The van der Waals surface area contributed by atoms with E-state index in [0.29, 0.717) is 11.1 Å². The van der Waals surface area contributed by atoms with Crippen LogP contribution in [0.2, 0.25) is 0 Å². The molecule has 4 nitrogen and oxygen atoms in total. The van der Waals surface area contributed by atoms with E-state index in [-0.39, 0.29) is 0 Å². The molecular formula is C8H11NO3. The lowest BCUT2D eigenvalue weighted by Crippen LogP contribution is -2.42. The fraction of sp³-hybridized carbons (Fsp3) is 0.500. The van der Waals surface area contributed by atoms with E-state index in [0.717, 1.165) is 0 Å². The maximum absolute atomic E-state index is 11.0. The van der Waals surface area contributed by atoms with Crippen molar-refractivity contribution in [3.63, 3.8) is 0 Å². The quantitative estimate of drug-likeness (QED) is 0.567. The number of carbonyl (C=O) groups excluding carboxylic acids is 2. The summed E-state index contributed by atoms with van der Waals surface area (Å²) in [6.45, 7) is 4.79. The summed E-state index contributed by atoms with van der Waals surface area (Å²) >= 11 is 0. The van der Waals surface area contributed by atoms with Gasteiger partial charge in [-0.05, 0) is 26.3 Å². The number of hydrogen-bond acceptors (Lipinski definition) is 3. The molecule has 1 heterocycles. The smallest absolute Gasteiger partial charge is 0.335 e. The Balaban J connectivity index is 3.17. The highest BCUT2D eigenvalue weighted by Crippen LogP contribution is 2.31. The van der Waals surface area contributed by atoms with Crippen molar-refractivity contribution in [1.82, 2.24) is 0 Å². The molecule has 1 unspecified atom stereocenters. The number of cyclic esters (lactones) is 1. The van der Waals surface area contributed by atoms with Gasteiger partial charge < -0.3 is 10.5 Å². The van der Waals surface area contributed by atoms with Crippen molar-refractivity contribution in [2.45, 2.75) is 26.4 Å². The van der Waals surface area contributed by atoms with Gasteiger partial charge in [0.05, 0.1) is 0 Å². The van der Waals surface area contributed by atoms with Gasteiger partial charge in [-0.15, -0.1) is 0 Å². The molecule has 4 heteroatoms. The van der Waals surface area contributed by atoms with E-state index in [4.69, 9.17) is 10.5 Å². The maximum Gasteiger partial charge on any atom is 0.335 e. The van der Waals surface area contributed by atoms with Crippen molar-refractivity contribution in [2.24, 2.45) is 5.73 Å². The number of carbonyl (C=O) groups is 2. The molecule has 0 radical (unpaired) electrons. The van der Waals surface area contributed by atoms with Gasteiger partial charge in [0, 0.05) is 5.57 Å². The second-order valence-corrected chi connectivity index (χ2v) is 3.04. The minimum Gasteiger partial charge on any atom is -0.441 e. The molecular weight excluding hydrogens is 158 g/mol. The number of ether oxygens (including phenoxy) is 1. The minimum atomic E-state index is -1.23. The first-order valence-electron chi connectivity index (χ1n) is 3.61. The summed E-state index contributed by atoms with van der Waals surface area (Å²) in [7, 11) is 0. The third-order valence-corrected chi connectivity index (χ3v) is 2.35. The average Bonchev–Trinajstić information content (AvgIpc) is 2.17. The van der Waals surface area contributed by atoms with Gasteiger partial charge in [-0.1, -0.05) is 0 Å². The zero-order chi connectivity index (χ0) is 9.52. The Hall–Kier alpha value is -1.32. The molecule has 12 heavy (non-hydrogen) atoms. The summed E-state index contributed by atoms with van der Waals surface area (Å²) in [6.07, 6.45) is 0. The first-order valence-corrected chi connectivity index (χ1v) is 3.61. The fourth-order valence-electron chi connectivity index (χ4n) is 1.08. The molecule has 0 bridgehead atoms. The number of amides is 1. The first-order chi connectivity index (χ1) is 5.39. The van der Waals surface area contributed by atoms with Crippen LogP contribution in [0.3, 0.4) is 0 Å². The molecule has 0 saturated heterocycles. The third kappa shape index (κ3) is 0.913. The van der Waals surface area contributed by atoms with Gasteiger partial charge in [-0.3, -0.25) is 4.79 Å². The summed E-state index contributed by atoms with van der Waals surface area (Å²) in [5.41, 5.74) is 4.93. The molecule has 1 amide bonds. The summed E-state index contributed by atoms with van der Waals surface area (Å²) in [6, 6.07) is 0. The summed E-state index contributed by atoms with van der Waals surface area (Å²) in [5.74, 6) is -1.10. The molecule has 1 aliphatic heterocycles. The first kappa shape index (κ1) is 8.77. The van der Waals surface area contributed by atoms with Gasteiger partial charge in [0.1, 0.15) is 0 Å². The van der Waals surface area contributed by atoms with E-state index in [1.165, 1.54) is 6.92 Å². The number of esters is 1. The fourth-order valence-corrected chi connectivity index (χ4v) is 1.08. The van der Waals surface area contributed by atoms with Gasteiger partial charge in [0.2, 0.25) is 5.60 Å². The standard InChI is InChI=1S/C8H11NO3/c1-4-5(2)8(3,7(9)11)12-6(4)10/h1-3H3,(H2,9,11). The van der Waals surface area contributed by atoms with Crippen LogP contribution < -0.4 is 5.73 Å². The van der Waals surface area contributed by atoms with E-state index >= 15 is 0 Å². The largest absolute Gasteiger partial charge is 0.441 e. The lowest BCUT2D eigenvalue weighted by molar-refractivity contribution is -0.154. The van der Waals surface area contributed by atoms with Gasteiger partial charge >= 0.3 is 5.97 Å². The Morgan fingerprint density at radius 2 is 2.00 bits per heavy atom. The zero-order valence-electron chi connectivity index (χ0n) is 7.30. The van der Waals surface area contributed by atoms with Gasteiger partial charge in [-0.25, -0.2) is 4.79 Å². The van der Waals surface area contributed by atoms with E-state index in [1.807, 2.05) is 0 Å². The number of rotatable bonds is 1. The van der Waals surface area contributed by atoms with Crippen molar-refractivity contribution in [2.75, 3.05) is 0 Å². The van der Waals surface area contributed by atoms with Crippen LogP contribution in [0.15, 0.2) is 11.1 Å². The Kier molecular flexibility index (Phi) is 1.71. The van der Waals surface area contributed by atoms with E-state index < -0.39 is 17.5 Å². The second kappa shape index (κ2) is 2.33. The third-order valence-electron chi connectivity index (χ3n) is 2.35. The molecule has 0 saturated carbocycles. The van der Waals surface area contributed by atoms with Crippen molar-refractivity contribution >= 4 is 11.9 Å². The van der Waals surface area contributed by atoms with Crippen LogP contribution in [0, 0.1) is 0 Å². The Morgan fingerprint density at radius 3 is 2.17 bits per heavy atom. The Labute approximate surface area is 70.4 Å². The van der Waals surface area contributed by atoms with Crippen LogP contribution in [0.4, 0.5) is 0 Å². The van der Waals surface area contributed by atoms with Crippen molar-refractivity contribution in [1.29, 1.82) is 0 Å². The summed E-state index contributed by atoms with van der Waals surface area (Å²) in [4.78, 5) is 22.0. The van der Waals surface area contributed by atoms with Gasteiger partial charge in [0.15, 0.2) is 0 Å². The Morgan fingerprint density at radius 1 is 1.50 bits per heavy atom. The lowest BCUT2D eigenvalue weighted by atomic mass is 9.95. The molecule has 0 fully saturated rings. The highest BCUT2D eigenvalue weighted by molar-refractivity contribution is 6.00. The number of hydrogen-bond donors (Lipinski definition) is 1. The topological polar surface area (TPSA) is 69.4 Å². The monoisotopic (exact) mass is 169 g/mol. The molecule has 0 aromatic rings. The second-order valence-electron chi connectivity index (χ2n) is 3.04. The average molecular weight is 169 g/mol. The molecule has 0 aliphatic carbocycles. The van der Waals surface area contributed by atoms with E-state index in [9.17, 15) is 9.59 Å². The van der Waals surface area contributed by atoms with Crippen LogP contribution in [-0.4, -0.2) is 17.5 Å². The van der Waals surface area contributed by atoms with Gasteiger partial charge in [0.25, 0.3) is 5.91 Å². The minimum absolute atomic E-state index is 0.464. The molecule has 0 spiro atoms. The maximum atomic E-state index is 11.0. The number of primary amides is 1. The highest BCUT2D eigenvalue weighted by atomic mass is 16.6. The normalized spacial score (nSPS) is 29.1.